The molecule has 0 heterocycles. The van der Waals surface area contributed by atoms with E-state index in [0.29, 0.717) is 0 Å². The minimum atomic E-state index is 1.31. The Labute approximate surface area is 135 Å². The third kappa shape index (κ3) is 19.7. The van der Waals surface area contributed by atoms with Crippen LogP contribution in [0, 0.1) is 0 Å². The second-order valence-electron chi connectivity index (χ2n) is 6.64. The maximum Gasteiger partial charge on any atom is -0.0351 e. The summed E-state index contributed by atoms with van der Waals surface area (Å²) in [6.07, 6.45) is 28.9. The maximum absolute atomic E-state index is 2.42. The molecule has 0 aliphatic rings. The molecule has 0 rings (SSSR count). The molecule has 0 aliphatic carbocycles. The van der Waals surface area contributed by atoms with Crippen molar-refractivity contribution in [2.75, 3.05) is 0 Å². The molecule has 126 valence electrons. The van der Waals surface area contributed by atoms with Crippen LogP contribution in [-0.2, 0) is 0 Å². The molecule has 0 unspecified atom stereocenters. The van der Waals surface area contributed by atoms with Crippen LogP contribution < -0.4 is 0 Å². The molecule has 0 aromatic rings. The fourth-order valence-electron chi connectivity index (χ4n) is 2.85. The minimum absolute atomic E-state index is 1.31. The summed E-state index contributed by atoms with van der Waals surface area (Å²) < 4.78 is 0. The Morgan fingerprint density at radius 1 is 0.381 bits per heavy atom. The van der Waals surface area contributed by atoms with E-state index in [1.165, 1.54) is 109 Å². The lowest BCUT2D eigenvalue weighted by atomic mass is 10.1. The smallest absolute Gasteiger partial charge is 0.0351 e. The molecular formula is C21H42. The van der Waals surface area contributed by atoms with Gasteiger partial charge in [0.15, 0.2) is 0 Å². The molecule has 0 aliphatic heterocycles. The largest absolute Gasteiger partial charge is 0.0885 e. The van der Waals surface area contributed by atoms with Crippen LogP contribution in [0.1, 0.15) is 123 Å². The second kappa shape index (κ2) is 19.7. The molecule has 0 amide bonds. The average molecular weight is 295 g/mol. The molecule has 0 saturated carbocycles. The highest BCUT2D eigenvalue weighted by Gasteiger charge is 1.92. The van der Waals surface area contributed by atoms with Gasteiger partial charge in [-0.05, 0) is 25.7 Å². The molecule has 0 N–H and O–H groups in total. The van der Waals surface area contributed by atoms with Crippen molar-refractivity contribution in [1.29, 1.82) is 0 Å². The van der Waals surface area contributed by atoms with Gasteiger partial charge in [0.1, 0.15) is 0 Å². The highest BCUT2D eigenvalue weighted by atomic mass is 14.0. The average Bonchev–Trinajstić information content (AvgIpc) is 2.50. The van der Waals surface area contributed by atoms with Crippen LogP contribution >= 0.6 is 0 Å². The van der Waals surface area contributed by atoms with Gasteiger partial charge in [-0.2, -0.15) is 0 Å². The van der Waals surface area contributed by atoms with Gasteiger partial charge in [0, 0.05) is 0 Å². The lowest BCUT2D eigenvalue weighted by Gasteiger charge is -2.01. The summed E-state index contributed by atoms with van der Waals surface area (Å²) in [5, 5.41) is 0. The van der Waals surface area contributed by atoms with Crippen LogP contribution in [0.4, 0.5) is 0 Å². The molecule has 0 bridgehead atoms. The number of rotatable bonds is 17. The van der Waals surface area contributed by atoms with Crippen LogP contribution in [0.3, 0.4) is 0 Å². The van der Waals surface area contributed by atoms with Crippen molar-refractivity contribution < 1.29 is 0 Å². The molecule has 0 nitrogen and oxygen atoms in total. The van der Waals surface area contributed by atoms with E-state index >= 15 is 0 Å². The first kappa shape index (κ1) is 20.7. The summed E-state index contributed by atoms with van der Waals surface area (Å²) in [6.45, 7) is 4.58. The second-order valence-corrected chi connectivity index (χ2v) is 6.64. The van der Waals surface area contributed by atoms with E-state index in [1.54, 1.807) is 0 Å². The van der Waals surface area contributed by atoms with Gasteiger partial charge in [0.05, 0.1) is 0 Å². The van der Waals surface area contributed by atoms with Crippen LogP contribution in [-0.4, -0.2) is 0 Å². The monoisotopic (exact) mass is 294 g/mol. The third-order valence-corrected chi connectivity index (χ3v) is 4.37. The van der Waals surface area contributed by atoms with E-state index in [1.807, 2.05) is 0 Å². The highest BCUT2D eigenvalue weighted by Crippen LogP contribution is 2.11. The molecule has 0 aromatic heterocycles. The molecular weight excluding hydrogens is 252 g/mol. The van der Waals surface area contributed by atoms with Crippen molar-refractivity contribution in [2.24, 2.45) is 0 Å². The summed E-state index contributed by atoms with van der Waals surface area (Å²) >= 11 is 0. The number of hydrogen-bond acceptors (Lipinski definition) is 0. The van der Waals surface area contributed by atoms with E-state index in [2.05, 4.69) is 26.0 Å². The van der Waals surface area contributed by atoms with Crippen molar-refractivity contribution in [1.82, 2.24) is 0 Å². The Morgan fingerprint density at radius 3 is 1.00 bits per heavy atom. The Balaban J connectivity index is 3.01. The topological polar surface area (TPSA) is 0 Å². The Bertz CT molecular complexity index is 192. The van der Waals surface area contributed by atoms with Crippen molar-refractivity contribution >= 4 is 0 Å². The summed E-state index contributed by atoms with van der Waals surface area (Å²) in [7, 11) is 0. The number of allylic oxidation sites excluding steroid dienone is 2. The molecule has 0 fully saturated rings. The van der Waals surface area contributed by atoms with Gasteiger partial charge >= 0.3 is 0 Å². The van der Waals surface area contributed by atoms with Crippen molar-refractivity contribution in [3.8, 4) is 0 Å². The molecule has 0 radical (unpaired) electrons. The SMILES string of the molecule is CCCCCCCC=CCCCCCCCCCCCC. The third-order valence-electron chi connectivity index (χ3n) is 4.37. The highest BCUT2D eigenvalue weighted by molar-refractivity contribution is 4.81. The van der Waals surface area contributed by atoms with Crippen LogP contribution in [0.2, 0.25) is 0 Å². The van der Waals surface area contributed by atoms with Crippen molar-refractivity contribution in [3.63, 3.8) is 0 Å². The standard InChI is InChI=1S/C21H42/c1-3-5-7-9-11-13-15-17-19-21-20-18-16-14-12-10-8-6-4-2/h15,17H,3-14,16,18-21H2,1-2H3. The molecule has 0 saturated heterocycles. The zero-order valence-corrected chi connectivity index (χ0v) is 15.2. The Kier molecular flexibility index (Phi) is 19.5. The van der Waals surface area contributed by atoms with Gasteiger partial charge < -0.3 is 0 Å². The van der Waals surface area contributed by atoms with E-state index in [-0.39, 0.29) is 0 Å². The maximum atomic E-state index is 2.42. The van der Waals surface area contributed by atoms with E-state index in [0.717, 1.165) is 0 Å². The lowest BCUT2D eigenvalue weighted by Crippen LogP contribution is -1.81. The molecule has 0 atom stereocenters. The minimum Gasteiger partial charge on any atom is -0.0885 e. The summed E-state index contributed by atoms with van der Waals surface area (Å²) in [5.41, 5.74) is 0. The van der Waals surface area contributed by atoms with E-state index < -0.39 is 0 Å². The first-order valence-electron chi connectivity index (χ1n) is 10.1. The molecule has 0 heteroatoms. The van der Waals surface area contributed by atoms with E-state index in [9.17, 15) is 0 Å². The predicted octanol–water partition coefficient (Wildman–Crippen LogP) is 8.21. The van der Waals surface area contributed by atoms with Gasteiger partial charge in [-0.3, -0.25) is 0 Å². The number of hydrogen-bond donors (Lipinski definition) is 0. The van der Waals surface area contributed by atoms with Crippen LogP contribution in [0.15, 0.2) is 12.2 Å². The normalized spacial score (nSPS) is 11.5. The Hall–Kier alpha value is -0.260. The van der Waals surface area contributed by atoms with Crippen molar-refractivity contribution in [3.05, 3.63) is 12.2 Å². The molecule has 0 spiro atoms. The summed E-state index contributed by atoms with van der Waals surface area (Å²) in [6, 6.07) is 0. The molecule has 0 aromatic carbocycles. The van der Waals surface area contributed by atoms with Crippen molar-refractivity contribution in [2.45, 2.75) is 123 Å². The fraction of sp³-hybridized carbons (Fsp3) is 0.905. The fourth-order valence-corrected chi connectivity index (χ4v) is 2.85. The van der Waals surface area contributed by atoms with Crippen LogP contribution in [0.5, 0.6) is 0 Å². The predicted molar refractivity (Wildman–Crippen MR) is 99.0 cm³/mol. The zero-order chi connectivity index (χ0) is 15.4. The van der Waals surface area contributed by atoms with E-state index in [4.69, 9.17) is 0 Å². The first-order valence-corrected chi connectivity index (χ1v) is 10.1. The van der Waals surface area contributed by atoms with Gasteiger partial charge in [0.25, 0.3) is 0 Å². The first-order chi connectivity index (χ1) is 10.4. The lowest BCUT2D eigenvalue weighted by molar-refractivity contribution is 0.557. The summed E-state index contributed by atoms with van der Waals surface area (Å²) in [5.74, 6) is 0. The van der Waals surface area contributed by atoms with Crippen LogP contribution in [0.25, 0.3) is 0 Å². The number of unbranched alkanes of at least 4 members (excludes halogenated alkanes) is 15. The summed E-state index contributed by atoms with van der Waals surface area (Å²) in [4.78, 5) is 0. The Morgan fingerprint density at radius 2 is 0.667 bits per heavy atom. The molecule has 21 heavy (non-hydrogen) atoms. The van der Waals surface area contributed by atoms with Gasteiger partial charge in [0.2, 0.25) is 0 Å². The zero-order valence-electron chi connectivity index (χ0n) is 15.2. The quantitative estimate of drug-likeness (QED) is 0.187. The van der Waals surface area contributed by atoms with Gasteiger partial charge in [-0.1, -0.05) is 109 Å². The van der Waals surface area contributed by atoms with Gasteiger partial charge in [-0.15, -0.1) is 0 Å². The van der Waals surface area contributed by atoms with Gasteiger partial charge in [-0.25, -0.2) is 0 Å².